The minimum absolute atomic E-state index is 0.0830. The molecule has 4 atom stereocenters. The first-order valence-corrected chi connectivity index (χ1v) is 7.40. The molecule has 9 nitrogen and oxygen atoms in total. The number of halogens is 1. The summed E-state index contributed by atoms with van der Waals surface area (Å²) in [7, 11) is 0. The van der Waals surface area contributed by atoms with E-state index in [2.05, 4.69) is 20.3 Å². The SMILES string of the molecule is NCCNc1ncnc2c1ncn2[C@@H]1O[C@H](CCl)C(O)[C@@H]1O. The van der Waals surface area contributed by atoms with Crippen molar-refractivity contribution < 1.29 is 14.9 Å². The molecule has 0 spiro atoms. The number of aliphatic hydroxyl groups is 2. The fourth-order valence-corrected chi connectivity index (χ4v) is 2.70. The lowest BCUT2D eigenvalue weighted by atomic mass is 10.1. The molecule has 1 fully saturated rings. The minimum atomic E-state index is -1.11. The zero-order valence-corrected chi connectivity index (χ0v) is 12.4. The van der Waals surface area contributed by atoms with Crippen LogP contribution >= 0.6 is 11.6 Å². The number of hydrogen-bond acceptors (Lipinski definition) is 8. The van der Waals surface area contributed by atoms with Crippen LogP contribution in [0.3, 0.4) is 0 Å². The monoisotopic (exact) mass is 328 g/mol. The quantitative estimate of drug-likeness (QED) is 0.517. The summed E-state index contributed by atoms with van der Waals surface area (Å²) in [6.45, 7) is 1.01. The number of rotatable bonds is 5. The largest absolute Gasteiger partial charge is 0.387 e. The molecule has 0 aliphatic carbocycles. The number of nitrogens with zero attached hydrogens (tertiary/aromatic N) is 4. The predicted octanol–water partition coefficient (Wildman–Crippen LogP) is -0.945. The van der Waals surface area contributed by atoms with E-state index in [1.807, 2.05) is 0 Å². The summed E-state index contributed by atoms with van der Waals surface area (Å²) in [6.07, 6.45) is -0.745. The summed E-state index contributed by atoms with van der Waals surface area (Å²) >= 11 is 5.73. The predicted molar refractivity (Wildman–Crippen MR) is 79.5 cm³/mol. The van der Waals surface area contributed by atoms with Gasteiger partial charge in [0.25, 0.3) is 0 Å². The van der Waals surface area contributed by atoms with E-state index in [4.69, 9.17) is 22.1 Å². The highest BCUT2D eigenvalue weighted by Gasteiger charge is 2.43. The second-order valence-corrected chi connectivity index (χ2v) is 5.27. The molecule has 3 rings (SSSR count). The molecule has 2 aromatic rings. The molecule has 0 saturated carbocycles. The van der Waals surface area contributed by atoms with Crippen LogP contribution in [0.15, 0.2) is 12.7 Å². The highest BCUT2D eigenvalue weighted by molar-refractivity contribution is 6.18. The van der Waals surface area contributed by atoms with E-state index in [0.717, 1.165) is 0 Å². The second kappa shape index (κ2) is 6.31. The average molecular weight is 329 g/mol. The Labute approximate surface area is 131 Å². The van der Waals surface area contributed by atoms with Gasteiger partial charge in [-0.3, -0.25) is 4.57 Å². The lowest BCUT2D eigenvalue weighted by Gasteiger charge is -2.16. The number of fused-ring (bicyclic) bond motifs is 1. The van der Waals surface area contributed by atoms with Gasteiger partial charge in [-0.1, -0.05) is 0 Å². The van der Waals surface area contributed by atoms with Crippen LogP contribution in [-0.2, 0) is 4.74 Å². The molecule has 1 unspecified atom stereocenters. The Bertz CT molecular complexity index is 653. The molecule has 22 heavy (non-hydrogen) atoms. The number of hydrogen-bond donors (Lipinski definition) is 4. The fraction of sp³-hybridized carbons (Fsp3) is 0.583. The van der Waals surface area contributed by atoms with Crippen LogP contribution in [0.2, 0.25) is 0 Å². The Hall–Kier alpha value is -1.52. The first kappa shape index (κ1) is 15.4. The zero-order chi connectivity index (χ0) is 15.7. The first-order valence-electron chi connectivity index (χ1n) is 6.86. The Morgan fingerprint density at radius 1 is 1.32 bits per heavy atom. The van der Waals surface area contributed by atoms with Crippen molar-refractivity contribution in [3.8, 4) is 0 Å². The van der Waals surface area contributed by atoms with Crippen LogP contribution in [0.4, 0.5) is 5.82 Å². The van der Waals surface area contributed by atoms with Gasteiger partial charge in [0.05, 0.1) is 12.2 Å². The van der Waals surface area contributed by atoms with Gasteiger partial charge in [-0.2, -0.15) is 0 Å². The Morgan fingerprint density at radius 2 is 2.14 bits per heavy atom. The van der Waals surface area contributed by atoms with Crippen molar-refractivity contribution in [1.29, 1.82) is 0 Å². The lowest BCUT2D eigenvalue weighted by Crippen LogP contribution is -2.32. The van der Waals surface area contributed by atoms with Crippen LogP contribution in [0.5, 0.6) is 0 Å². The lowest BCUT2D eigenvalue weighted by molar-refractivity contribution is -0.0291. The molecular weight excluding hydrogens is 312 g/mol. The molecule has 5 N–H and O–H groups in total. The van der Waals surface area contributed by atoms with Gasteiger partial charge in [0.15, 0.2) is 23.2 Å². The van der Waals surface area contributed by atoms with Crippen LogP contribution in [0, 0.1) is 0 Å². The minimum Gasteiger partial charge on any atom is -0.387 e. The average Bonchev–Trinajstić information content (AvgIpc) is 3.08. The molecule has 0 amide bonds. The van der Waals surface area contributed by atoms with E-state index in [-0.39, 0.29) is 5.88 Å². The first-order chi connectivity index (χ1) is 10.7. The molecule has 1 aliphatic heterocycles. The number of aromatic nitrogens is 4. The number of ether oxygens (including phenoxy) is 1. The number of alkyl halides is 1. The summed E-state index contributed by atoms with van der Waals surface area (Å²) in [6, 6.07) is 0. The Kier molecular flexibility index (Phi) is 4.41. The summed E-state index contributed by atoms with van der Waals surface area (Å²) < 4.78 is 7.16. The third kappa shape index (κ3) is 2.50. The van der Waals surface area contributed by atoms with Crippen molar-refractivity contribution in [2.24, 2.45) is 5.73 Å². The molecule has 120 valence electrons. The third-order valence-electron chi connectivity index (χ3n) is 3.56. The maximum absolute atomic E-state index is 10.1. The number of imidazole rings is 1. The summed E-state index contributed by atoms with van der Waals surface area (Å²) in [5, 5.41) is 23.1. The number of nitrogens with two attached hydrogens (primary N) is 1. The Morgan fingerprint density at radius 3 is 2.82 bits per heavy atom. The van der Waals surface area contributed by atoms with Crippen LogP contribution in [-0.4, -0.2) is 67.0 Å². The molecule has 1 aliphatic rings. The highest BCUT2D eigenvalue weighted by atomic mass is 35.5. The topological polar surface area (TPSA) is 131 Å². The van der Waals surface area contributed by atoms with Gasteiger partial charge in [-0.05, 0) is 0 Å². The van der Waals surface area contributed by atoms with Crippen molar-refractivity contribution in [3.05, 3.63) is 12.7 Å². The summed E-state index contributed by atoms with van der Waals surface area (Å²) in [5.74, 6) is 0.635. The van der Waals surface area contributed by atoms with Gasteiger partial charge < -0.3 is 26.0 Å². The maximum Gasteiger partial charge on any atom is 0.167 e. The second-order valence-electron chi connectivity index (χ2n) is 4.96. The van der Waals surface area contributed by atoms with Gasteiger partial charge in [0, 0.05) is 13.1 Å². The van der Waals surface area contributed by atoms with Gasteiger partial charge >= 0.3 is 0 Å². The molecule has 0 radical (unpaired) electrons. The fourth-order valence-electron chi connectivity index (χ4n) is 2.44. The molecule has 10 heteroatoms. The van der Waals surface area contributed by atoms with Gasteiger partial charge in [0.1, 0.15) is 24.6 Å². The van der Waals surface area contributed by atoms with E-state index in [1.165, 1.54) is 12.7 Å². The Balaban J connectivity index is 1.95. The maximum atomic E-state index is 10.1. The molecule has 1 saturated heterocycles. The smallest absolute Gasteiger partial charge is 0.167 e. The number of aliphatic hydroxyl groups excluding tert-OH is 2. The van der Waals surface area contributed by atoms with Crippen molar-refractivity contribution >= 4 is 28.6 Å². The number of nitrogens with one attached hydrogen (secondary N) is 1. The van der Waals surface area contributed by atoms with E-state index in [9.17, 15) is 10.2 Å². The molecular formula is C12H17ClN6O3. The van der Waals surface area contributed by atoms with Crippen molar-refractivity contribution in [2.75, 3.05) is 24.3 Å². The zero-order valence-electron chi connectivity index (χ0n) is 11.6. The third-order valence-corrected chi connectivity index (χ3v) is 3.86. The van der Waals surface area contributed by atoms with E-state index >= 15 is 0 Å². The van der Waals surface area contributed by atoms with Crippen LogP contribution in [0.25, 0.3) is 11.2 Å². The van der Waals surface area contributed by atoms with Crippen LogP contribution < -0.4 is 11.1 Å². The van der Waals surface area contributed by atoms with E-state index in [1.54, 1.807) is 4.57 Å². The summed E-state index contributed by atoms with van der Waals surface area (Å²) in [5.41, 5.74) is 6.49. The molecule has 3 heterocycles. The summed E-state index contributed by atoms with van der Waals surface area (Å²) in [4.78, 5) is 12.6. The van der Waals surface area contributed by atoms with Crippen molar-refractivity contribution in [3.63, 3.8) is 0 Å². The van der Waals surface area contributed by atoms with Gasteiger partial charge in [-0.25, -0.2) is 15.0 Å². The molecule has 0 bridgehead atoms. The van der Waals surface area contributed by atoms with Gasteiger partial charge in [-0.15, -0.1) is 11.6 Å². The van der Waals surface area contributed by atoms with E-state index in [0.29, 0.717) is 30.1 Å². The highest BCUT2D eigenvalue weighted by Crippen LogP contribution is 2.32. The standard InChI is InChI=1S/C12H17ClN6O3/c13-3-6-8(20)9(21)12(22-6)19-5-18-7-10(15-2-1-14)16-4-17-11(7)19/h4-6,8-9,12,20-21H,1-3,14H2,(H,15,16,17)/t6-,8?,9+,12-/m1/s1. The molecule has 0 aromatic carbocycles. The number of anilines is 1. The molecule has 2 aromatic heterocycles. The van der Waals surface area contributed by atoms with Gasteiger partial charge in [0.2, 0.25) is 0 Å². The van der Waals surface area contributed by atoms with Crippen LogP contribution in [0.1, 0.15) is 6.23 Å². The normalized spacial score (nSPS) is 28.4. The van der Waals surface area contributed by atoms with Crippen molar-refractivity contribution in [1.82, 2.24) is 19.5 Å². The van der Waals surface area contributed by atoms with Crippen molar-refractivity contribution in [2.45, 2.75) is 24.5 Å². The van der Waals surface area contributed by atoms with E-state index < -0.39 is 24.5 Å².